The first-order chi connectivity index (χ1) is 33.1. The van der Waals surface area contributed by atoms with E-state index in [1.807, 2.05) is 140 Å². The first kappa shape index (κ1) is 49.5. The first-order valence-electron chi connectivity index (χ1n) is 21.5. The minimum absolute atomic E-state index is 0.358. The van der Waals surface area contributed by atoms with Gasteiger partial charge in [0.1, 0.15) is 38.2 Å². The van der Waals surface area contributed by atoms with Crippen LogP contribution in [0, 0.1) is 0 Å². The number of carbonyl (C=O) groups excluding carboxylic acids is 1. The van der Waals surface area contributed by atoms with Crippen LogP contribution in [0.3, 0.4) is 0 Å². The lowest BCUT2D eigenvalue weighted by Gasteiger charge is -2.22. The molecule has 9 nitrogen and oxygen atoms in total. The molecule has 4 heterocycles. The Bertz CT molecular complexity index is 2710. The molecule has 15 heteroatoms. The fraction of sp³-hybridized carbons (Fsp3) is 0.189. The average Bonchev–Trinajstić information content (AvgIpc) is 4.05. The van der Waals surface area contributed by atoms with Crippen LogP contribution in [0.1, 0.15) is 46.1 Å². The smallest absolute Gasteiger partial charge is 0.253 e. The molecule has 0 spiro atoms. The van der Waals surface area contributed by atoms with E-state index in [4.69, 9.17) is 32.7 Å². The Balaban J connectivity index is 0.000000152. The van der Waals surface area contributed by atoms with E-state index in [1.165, 1.54) is 0 Å². The van der Waals surface area contributed by atoms with Crippen molar-refractivity contribution in [2.24, 2.45) is 9.98 Å². The van der Waals surface area contributed by atoms with Crippen molar-refractivity contribution in [3.8, 4) is 22.3 Å². The van der Waals surface area contributed by atoms with Gasteiger partial charge in [-0.15, -0.1) is 0 Å². The van der Waals surface area contributed by atoms with Crippen molar-refractivity contribution in [2.45, 2.75) is 41.3 Å². The Morgan fingerprint density at radius 2 is 1.01 bits per heavy atom. The number of amides is 1. The molecule has 0 aliphatic carbocycles. The Morgan fingerprint density at radius 1 is 0.588 bits per heavy atom. The van der Waals surface area contributed by atoms with Gasteiger partial charge in [-0.05, 0) is 87.5 Å². The summed E-state index contributed by atoms with van der Waals surface area (Å²) in [5.74, 6) is 0.271. The summed E-state index contributed by atoms with van der Waals surface area (Å²) in [6.07, 6.45) is 5.00. The molecule has 2 N–H and O–H groups in total. The minimum Gasteiger partial charge on any atom is -0.467 e. The molecule has 7 aromatic rings. The number of nitrogens with one attached hydrogen (secondary N) is 1. The number of aliphatic hydroxyl groups excluding tert-OH is 1. The molecular formula is C53H45BrCl2F3N5O4. The van der Waals surface area contributed by atoms with Crippen LogP contribution in [-0.2, 0) is 14.3 Å². The molecule has 0 saturated heterocycles. The number of halogens is 6. The Morgan fingerprint density at radius 3 is 1.41 bits per heavy atom. The predicted molar refractivity (Wildman–Crippen MR) is 265 cm³/mol. The van der Waals surface area contributed by atoms with Crippen molar-refractivity contribution in [1.82, 2.24) is 15.3 Å². The standard InChI is InChI=1S/C21H17FN2O.C16H13BrFNO.C16H15Cl2FN2O2/c22-13-19-20(25-21(24-19)17-5-2-1-3-6-17)16-10-8-15(9-11-16)18-7-4-12-23-14-18;17-13-8-6-11(7-9-13)15-14(10-18)19-16(20-15)12-4-2-1-3-5-12;17-15(18)16(23)21-13(8-19)14(22)11-5-3-10(4-6-11)12-2-1-7-20-9-12/h1-12,14,19-20H,13H2;1-9,14-15H,10H2;1-7,9,13-15,22H,8H2,(H,21,23)/t19-,20-;14-,15-;13-,14-/m111/s1. The van der Waals surface area contributed by atoms with Crippen LogP contribution in [0.2, 0.25) is 0 Å². The third-order valence-corrected chi connectivity index (χ3v) is 11.8. The van der Waals surface area contributed by atoms with Gasteiger partial charge in [-0.3, -0.25) is 14.8 Å². The van der Waals surface area contributed by atoms with E-state index in [2.05, 4.69) is 41.2 Å². The third kappa shape index (κ3) is 13.0. The van der Waals surface area contributed by atoms with E-state index in [-0.39, 0.29) is 6.10 Å². The molecule has 6 atom stereocenters. The lowest BCUT2D eigenvalue weighted by atomic mass is 9.99. The van der Waals surface area contributed by atoms with E-state index in [1.54, 1.807) is 42.9 Å². The summed E-state index contributed by atoms with van der Waals surface area (Å²) in [5.41, 5.74) is 8.03. The predicted octanol–water partition coefficient (Wildman–Crippen LogP) is 12.0. The second-order valence-electron chi connectivity index (χ2n) is 15.4. The van der Waals surface area contributed by atoms with Gasteiger partial charge in [-0.2, -0.15) is 0 Å². The van der Waals surface area contributed by atoms with Crippen LogP contribution in [0.4, 0.5) is 13.2 Å². The number of aliphatic imine (C=N–C) groups is 2. The number of aromatic nitrogens is 2. The zero-order valence-corrected chi connectivity index (χ0v) is 39.3. The van der Waals surface area contributed by atoms with Crippen LogP contribution in [0.15, 0.2) is 197 Å². The molecule has 0 bridgehead atoms. The van der Waals surface area contributed by atoms with Crippen LogP contribution < -0.4 is 5.32 Å². The van der Waals surface area contributed by atoms with Crippen molar-refractivity contribution in [3.05, 3.63) is 215 Å². The molecule has 2 aliphatic heterocycles. The monoisotopic (exact) mass is 1020 g/mol. The number of nitrogens with zero attached hydrogens (tertiary/aromatic N) is 4. The molecule has 1 amide bonds. The average molecular weight is 1020 g/mol. The van der Waals surface area contributed by atoms with Gasteiger partial charge < -0.3 is 19.9 Å². The fourth-order valence-electron chi connectivity index (χ4n) is 7.29. The molecule has 9 rings (SSSR count). The largest absolute Gasteiger partial charge is 0.467 e. The van der Waals surface area contributed by atoms with Gasteiger partial charge in [0.2, 0.25) is 11.8 Å². The normalized spacial score (nSPS) is 18.0. The second-order valence-corrected chi connectivity index (χ2v) is 17.4. The summed E-state index contributed by atoms with van der Waals surface area (Å²) < 4.78 is 52.6. The molecule has 0 saturated carbocycles. The highest BCUT2D eigenvalue weighted by Gasteiger charge is 2.34. The third-order valence-electron chi connectivity index (χ3n) is 10.9. The fourth-order valence-corrected chi connectivity index (χ4v) is 7.68. The van der Waals surface area contributed by atoms with Gasteiger partial charge in [0.05, 0.1) is 6.04 Å². The summed E-state index contributed by atoms with van der Waals surface area (Å²) >= 11 is 14.2. The molecular weight excluding hydrogens is 978 g/mol. The Labute approximate surface area is 410 Å². The maximum Gasteiger partial charge on any atom is 0.253 e. The van der Waals surface area contributed by atoms with Crippen molar-refractivity contribution < 1.29 is 32.5 Å². The summed E-state index contributed by atoms with van der Waals surface area (Å²) in [5, 5.41) is 12.5. The van der Waals surface area contributed by atoms with E-state index in [9.17, 15) is 23.1 Å². The number of rotatable bonds is 13. The minimum atomic E-state index is -1.32. The zero-order valence-electron chi connectivity index (χ0n) is 36.2. The SMILES string of the molecule is FC[C@H]1N=C(c2ccccc2)O[C@@H]1c1ccc(-c2cccnc2)cc1.FC[C@H]1N=C(c2ccccc2)O[C@@H]1c1ccc(Br)cc1.O=C(N[C@H](CF)[C@H](O)c1ccc(-c2cccnc2)cc1)C(Cl)Cl. The van der Waals surface area contributed by atoms with Gasteiger partial charge in [0, 0.05) is 40.4 Å². The van der Waals surface area contributed by atoms with Gasteiger partial charge in [0.15, 0.2) is 17.0 Å². The lowest BCUT2D eigenvalue weighted by Crippen LogP contribution is -2.43. The number of pyridine rings is 2. The highest BCUT2D eigenvalue weighted by molar-refractivity contribution is 9.10. The summed E-state index contributed by atoms with van der Waals surface area (Å²) in [6, 6.07) is 47.3. The maximum absolute atomic E-state index is 13.5. The molecule has 0 unspecified atom stereocenters. The number of aliphatic hydroxyl groups is 1. The van der Waals surface area contributed by atoms with E-state index in [0.717, 1.165) is 49.0 Å². The van der Waals surface area contributed by atoms with Crippen molar-refractivity contribution in [1.29, 1.82) is 0 Å². The van der Waals surface area contributed by atoms with Gasteiger partial charge in [0.25, 0.3) is 5.91 Å². The van der Waals surface area contributed by atoms with Crippen LogP contribution in [0.5, 0.6) is 0 Å². The lowest BCUT2D eigenvalue weighted by molar-refractivity contribution is -0.121. The summed E-state index contributed by atoms with van der Waals surface area (Å²) in [7, 11) is 0. The number of ether oxygens (including phenoxy) is 2. The highest BCUT2D eigenvalue weighted by atomic mass is 79.9. The molecule has 0 fully saturated rings. The summed E-state index contributed by atoms with van der Waals surface area (Å²) in [6.45, 7) is -2.03. The molecule has 348 valence electrons. The van der Waals surface area contributed by atoms with Crippen molar-refractivity contribution in [2.75, 3.05) is 20.0 Å². The highest BCUT2D eigenvalue weighted by Crippen LogP contribution is 2.34. The van der Waals surface area contributed by atoms with E-state index < -0.39 is 61.1 Å². The zero-order chi connectivity index (χ0) is 47.8. The quantitative estimate of drug-likeness (QED) is 0.111. The number of alkyl halides is 5. The van der Waals surface area contributed by atoms with E-state index in [0.29, 0.717) is 17.4 Å². The first-order valence-corrected chi connectivity index (χ1v) is 23.1. The molecule has 68 heavy (non-hydrogen) atoms. The van der Waals surface area contributed by atoms with E-state index >= 15 is 0 Å². The molecule has 2 aromatic heterocycles. The maximum atomic E-state index is 13.5. The number of hydrogen-bond acceptors (Lipinski definition) is 8. The second kappa shape index (κ2) is 24.6. The molecule has 5 aromatic carbocycles. The Kier molecular flexibility index (Phi) is 17.9. The molecule has 0 radical (unpaired) electrons. The number of hydrogen-bond donors (Lipinski definition) is 2. The van der Waals surface area contributed by atoms with Gasteiger partial charge in [-0.25, -0.2) is 23.2 Å². The van der Waals surface area contributed by atoms with Gasteiger partial charge >= 0.3 is 0 Å². The topological polar surface area (TPSA) is 118 Å². The number of benzene rings is 5. The van der Waals surface area contributed by atoms with Gasteiger partial charge in [-0.1, -0.05) is 148 Å². The van der Waals surface area contributed by atoms with Crippen molar-refractivity contribution >= 4 is 56.8 Å². The van der Waals surface area contributed by atoms with Crippen LogP contribution >= 0.6 is 39.1 Å². The van der Waals surface area contributed by atoms with Crippen LogP contribution in [-0.4, -0.2) is 75.8 Å². The Hall–Kier alpha value is -6.38. The van der Waals surface area contributed by atoms with Crippen molar-refractivity contribution in [3.63, 3.8) is 0 Å². The summed E-state index contributed by atoms with van der Waals surface area (Å²) in [4.78, 5) is 27.1. The molecule has 2 aliphatic rings. The number of carbonyl (C=O) groups is 1. The van der Waals surface area contributed by atoms with Crippen LogP contribution in [0.25, 0.3) is 22.3 Å².